The van der Waals surface area contributed by atoms with E-state index < -0.39 is 29.8 Å². The maximum absolute atomic E-state index is 9.00. The van der Waals surface area contributed by atoms with E-state index in [9.17, 15) is 0 Å². The molecule has 0 heterocycles. The number of carbonyl (C=O) groups is 5. The van der Waals surface area contributed by atoms with Crippen LogP contribution in [0.15, 0.2) is 0 Å². The van der Waals surface area contributed by atoms with Crippen LogP contribution in [-0.2, 0) is 24.0 Å². The number of hydrogen-bond acceptors (Lipinski definition) is 8. The second-order valence-electron chi connectivity index (χ2n) is 3.92. The minimum atomic E-state index is -0.833. The molecule has 0 rings (SSSR count). The van der Waals surface area contributed by atoms with E-state index in [1.54, 1.807) is 0 Å². The van der Waals surface area contributed by atoms with Crippen LogP contribution in [0.4, 0.5) is 0 Å². The number of aliphatic carboxylic acids is 5. The van der Waals surface area contributed by atoms with Crippen LogP contribution in [-0.4, -0.2) is 105 Å². The van der Waals surface area contributed by atoms with Crippen molar-refractivity contribution >= 4 is 52.9 Å². The maximum Gasteiger partial charge on any atom is 0.300 e. The van der Waals surface area contributed by atoms with Gasteiger partial charge in [-0.2, -0.15) is 0 Å². The minimum Gasteiger partial charge on any atom is -0.481 e. The van der Waals surface area contributed by atoms with Crippen molar-refractivity contribution in [3.05, 3.63) is 0 Å². The summed E-state index contributed by atoms with van der Waals surface area (Å²) in [6.45, 7) is 8.55. The molecular weight excluding hydrogens is 394 g/mol. The van der Waals surface area contributed by atoms with Crippen LogP contribution < -0.4 is 16.8 Å². The largest absolute Gasteiger partial charge is 0.481 e. The quantitative estimate of drug-likeness (QED) is 0.189. The Morgan fingerprint density at radius 1 is 0.571 bits per heavy atom. The van der Waals surface area contributed by atoms with Gasteiger partial charge in [0.2, 0.25) is 0 Å². The Hall–Kier alpha value is -2.00. The molecular formula is C14H33MgN3O10. The van der Waals surface area contributed by atoms with E-state index >= 15 is 0 Å². The highest BCUT2D eigenvalue weighted by atomic mass is 24.3. The molecule has 0 amide bonds. The third kappa shape index (κ3) is 3180. The number of carboxylic acids is 5. The lowest BCUT2D eigenvalue weighted by Gasteiger charge is -1.95. The van der Waals surface area contributed by atoms with Gasteiger partial charge < -0.3 is 42.3 Å². The third-order valence-corrected chi connectivity index (χ3v) is 0.642. The number of nitrogens with two attached hydrogens (primary N) is 2. The summed E-state index contributed by atoms with van der Waals surface area (Å²) in [5, 5.41) is 40.1. The highest BCUT2D eigenvalue weighted by Crippen LogP contribution is 1.49. The van der Waals surface area contributed by atoms with Gasteiger partial charge in [-0.15, -0.1) is 0 Å². The van der Waals surface area contributed by atoms with Crippen LogP contribution in [0.5, 0.6) is 0 Å². The molecule has 14 heteroatoms. The Kier molecular flexibility index (Phi) is 71.4. The molecule has 13 nitrogen and oxygen atoms in total. The summed E-state index contributed by atoms with van der Waals surface area (Å²) in [5.74, 6) is -4.17. The Bertz CT molecular complexity index is 289. The Balaban J connectivity index is -0.0000000382. The zero-order valence-electron chi connectivity index (χ0n) is 17.0. The standard InChI is InChI=1S/C4H13N3.5C2H4O2.Mg/c5-1-3-7-4-2-6;5*1-2(3)4;/h7H,1-6H2;5*1H3,(H,3,4);. The van der Waals surface area contributed by atoms with Gasteiger partial charge in [0.25, 0.3) is 29.8 Å². The van der Waals surface area contributed by atoms with Gasteiger partial charge in [0, 0.05) is 83.9 Å². The summed E-state index contributed by atoms with van der Waals surface area (Å²) in [5.41, 5.74) is 10.3. The van der Waals surface area contributed by atoms with Crippen molar-refractivity contribution in [2.45, 2.75) is 34.6 Å². The van der Waals surface area contributed by atoms with Crippen LogP contribution in [0.25, 0.3) is 0 Å². The van der Waals surface area contributed by atoms with Crippen molar-refractivity contribution in [3.63, 3.8) is 0 Å². The molecule has 0 aromatic carbocycles. The molecule has 0 bridgehead atoms. The van der Waals surface area contributed by atoms with E-state index in [1.165, 1.54) is 0 Å². The van der Waals surface area contributed by atoms with E-state index in [0.29, 0.717) is 13.1 Å². The molecule has 0 aromatic rings. The maximum atomic E-state index is 9.00. The fourth-order valence-electron chi connectivity index (χ4n) is 0.329. The Morgan fingerprint density at radius 3 is 0.750 bits per heavy atom. The highest BCUT2D eigenvalue weighted by Gasteiger charge is 1.76. The topological polar surface area (TPSA) is 251 Å². The lowest BCUT2D eigenvalue weighted by atomic mass is 10.6. The Labute approximate surface area is 180 Å². The molecule has 28 heavy (non-hydrogen) atoms. The Morgan fingerprint density at radius 2 is 0.679 bits per heavy atom. The summed E-state index contributed by atoms with van der Waals surface area (Å²) in [4.78, 5) is 45.0. The van der Waals surface area contributed by atoms with Gasteiger partial charge in [-0.25, -0.2) is 0 Å². The van der Waals surface area contributed by atoms with Gasteiger partial charge in [0.15, 0.2) is 0 Å². The SMILES string of the molecule is CC(=O)O.CC(=O)O.CC(=O)O.CC(=O)O.CC(=O)O.NCCNCCN.[Mg]. The zero-order chi connectivity index (χ0) is 23.4. The average molecular weight is 428 g/mol. The summed E-state index contributed by atoms with van der Waals surface area (Å²) in [7, 11) is 0. The van der Waals surface area contributed by atoms with Crippen LogP contribution >= 0.6 is 0 Å². The van der Waals surface area contributed by atoms with E-state index in [1.807, 2.05) is 0 Å². The van der Waals surface area contributed by atoms with E-state index in [2.05, 4.69) is 5.32 Å². The molecule has 166 valence electrons. The molecule has 0 unspecified atom stereocenters. The molecule has 0 aliphatic carbocycles. The van der Waals surface area contributed by atoms with Crippen LogP contribution in [0.2, 0.25) is 0 Å². The molecule has 0 atom stereocenters. The minimum absolute atomic E-state index is 0. The number of rotatable bonds is 4. The van der Waals surface area contributed by atoms with E-state index in [0.717, 1.165) is 47.7 Å². The van der Waals surface area contributed by atoms with E-state index in [-0.39, 0.29) is 23.1 Å². The van der Waals surface area contributed by atoms with Gasteiger partial charge in [0.1, 0.15) is 0 Å². The zero-order valence-corrected chi connectivity index (χ0v) is 18.4. The molecule has 0 aromatic heterocycles. The molecule has 0 aliphatic heterocycles. The molecule has 0 spiro atoms. The molecule has 0 saturated heterocycles. The fraction of sp³-hybridized carbons (Fsp3) is 0.643. The second-order valence-corrected chi connectivity index (χ2v) is 3.92. The molecule has 10 N–H and O–H groups in total. The van der Waals surface area contributed by atoms with Gasteiger partial charge in [0.05, 0.1) is 0 Å². The third-order valence-electron chi connectivity index (χ3n) is 0.642. The molecule has 0 saturated carbocycles. The fourth-order valence-corrected chi connectivity index (χ4v) is 0.329. The van der Waals surface area contributed by atoms with Crippen molar-refractivity contribution in [3.8, 4) is 0 Å². The molecule has 0 aliphatic rings. The van der Waals surface area contributed by atoms with Crippen molar-refractivity contribution in [1.29, 1.82) is 0 Å². The molecule has 2 radical (unpaired) electrons. The smallest absolute Gasteiger partial charge is 0.300 e. The normalized spacial score (nSPS) is 6.82. The summed E-state index contributed by atoms with van der Waals surface area (Å²) >= 11 is 0. The predicted octanol–water partition coefficient (Wildman–Crippen LogP) is -1.43. The summed E-state index contributed by atoms with van der Waals surface area (Å²) in [6, 6.07) is 0. The van der Waals surface area contributed by atoms with Crippen molar-refractivity contribution < 1.29 is 49.5 Å². The van der Waals surface area contributed by atoms with Gasteiger partial charge >= 0.3 is 0 Å². The highest BCUT2D eigenvalue weighted by molar-refractivity contribution is 5.75. The lowest BCUT2D eigenvalue weighted by Crippen LogP contribution is -2.27. The second kappa shape index (κ2) is 44.4. The van der Waals surface area contributed by atoms with Gasteiger partial charge in [-0.1, -0.05) is 0 Å². The predicted molar refractivity (Wildman–Crippen MR) is 103 cm³/mol. The molecule has 0 fully saturated rings. The monoisotopic (exact) mass is 427 g/mol. The summed E-state index contributed by atoms with van der Waals surface area (Å²) in [6.07, 6.45) is 0. The lowest BCUT2D eigenvalue weighted by molar-refractivity contribution is -0.135. The van der Waals surface area contributed by atoms with Crippen LogP contribution in [0.3, 0.4) is 0 Å². The van der Waals surface area contributed by atoms with Crippen molar-refractivity contribution in [2.75, 3.05) is 26.2 Å². The van der Waals surface area contributed by atoms with Gasteiger partial charge in [-0.3, -0.25) is 24.0 Å². The van der Waals surface area contributed by atoms with Crippen molar-refractivity contribution in [2.24, 2.45) is 11.5 Å². The first-order valence-corrected chi connectivity index (χ1v) is 7.16. The first-order valence-electron chi connectivity index (χ1n) is 7.16. The first-order chi connectivity index (χ1) is 12.1. The first kappa shape index (κ1) is 45.0. The van der Waals surface area contributed by atoms with Crippen LogP contribution in [0.1, 0.15) is 34.6 Å². The van der Waals surface area contributed by atoms with Crippen LogP contribution in [0, 0.1) is 0 Å². The average Bonchev–Trinajstić information content (AvgIpc) is 2.35. The number of hydrogen-bond donors (Lipinski definition) is 8. The summed E-state index contributed by atoms with van der Waals surface area (Å²) < 4.78 is 0. The van der Waals surface area contributed by atoms with Crippen molar-refractivity contribution in [1.82, 2.24) is 5.32 Å². The number of carboxylic acid groups (broad SMARTS) is 5. The van der Waals surface area contributed by atoms with E-state index in [4.69, 9.17) is 61.0 Å². The van der Waals surface area contributed by atoms with Gasteiger partial charge in [-0.05, 0) is 0 Å². The number of nitrogens with one attached hydrogen (secondary N) is 1.